The van der Waals surface area contributed by atoms with E-state index in [-0.39, 0.29) is 6.04 Å². The van der Waals surface area contributed by atoms with Gasteiger partial charge in [-0.25, -0.2) is 0 Å². The zero-order valence-electron chi connectivity index (χ0n) is 17.1. The number of hydrogen-bond donors (Lipinski definition) is 0. The smallest absolute Gasteiger partial charge is 0.203 e. The van der Waals surface area contributed by atoms with Crippen molar-refractivity contribution in [2.75, 3.05) is 26.3 Å². The highest BCUT2D eigenvalue weighted by Crippen LogP contribution is 2.44. The van der Waals surface area contributed by atoms with E-state index in [1.807, 2.05) is 59.6 Å². The molecule has 154 valence electrons. The van der Waals surface area contributed by atoms with E-state index in [2.05, 4.69) is 12.1 Å². The molecule has 1 heterocycles. The zero-order chi connectivity index (χ0) is 21.1. The monoisotopic (exact) mass is 422 g/mol. The van der Waals surface area contributed by atoms with Crippen molar-refractivity contribution in [1.82, 2.24) is 0 Å². The summed E-state index contributed by atoms with van der Waals surface area (Å²) in [5.74, 6) is 1.83. The van der Waals surface area contributed by atoms with Crippen LogP contribution in [0.4, 0.5) is 5.69 Å². The van der Waals surface area contributed by atoms with E-state index in [9.17, 15) is 0 Å². The topological polar surface area (TPSA) is 43.3 Å². The average Bonchev–Trinajstić information content (AvgIpc) is 3.24. The van der Waals surface area contributed by atoms with Crippen LogP contribution in [0.25, 0.3) is 0 Å². The molecule has 1 atom stereocenters. The first-order valence-electron chi connectivity index (χ1n) is 9.62. The standard InChI is InChI=1S/C24H23ClN2O3/c1-28-22-13-17(14-23(29-2)24(22)30-3)21-15-20(16-9-11-18(25)12-10-16)26-27(21)19-7-5-4-6-8-19/h4-14,21H,15H2,1-3H3. The Kier molecular flexibility index (Phi) is 5.81. The van der Waals surface area contributed by atoms with Crippen LogP contribution in [-0.4, -0.2) is 27.0 Å². The van der Waals surface area contributed by atoms with Crippen LogP contribution in [-0.2, 0) is 0 Å². The number of nitrogens with zero attached hydrogens (tertiary/aromatic N) is 2. The SMILES string of the molecule is COc1cc(C2CC(c3ccc(Cl)cc3)=NN2c2ccccc2)cc(OC)c1OC. The summed E-state index contributed by atoms with van der Waals surface area (Å²) in [6, 6.07) is 21.9. The van der Waals surface area contributed by atoms with Crippen LogP contribution in [0.15, 0.2) is 71.8 Å². The molecule has 30 heavy (non-hydrogen) atoms. The van der Waals surface area contributed by atoms with Crippen LogP contribution in [0.5, 0.6) is 17.2 Å². The molecule has 0 N–H and O–H groups in total. The number of anilines is 1. The molecule has 0 radical (unpaired) electrons. The Morgan fingerprint density at radius 2 is 1.50 bits per heavy atom. The highest BCUT2D eigenvalue weighted by molar-refractivity contribution is 6.30. The van der Waals surface area contributed by atoms with Gasteiger partial charge in [0.05, 0.1) is 38.8 Å². The van der Waals surface area contributed by atoms with Crippen LogP contribution in [0.3, 0.4) is 0 Å². The zero-order valence-corrected chi connectivity index (χ0v) is 17.9. The number of hydrazone groups is 1. The van der Waals surface area contributed by atoms with Gasteiger partial charge < -0.3 is 14.2 Å². The number of para-hydroxylation sites is 1. The van der Waals surface area contributed by atoms with Gasteiger partial charge in [-0.3, -0.25) is 5.01 Å². The van der Waals surface area contributed by atoms with Crippen molar-refractivity contribution in [2.45, 2.75) is 12.5 Å². The van der Waals surface area contributed by atoms with E-state index in [0.717, 1.165) is 28.9 Å². The summed E-state index contributed by atoms with van der Waals surface area (Å²) < 4.78 is 16.6. The average molecular weight is 423 g/mol. The van der Waals surface area contributed by atoms with Gasteiger partial charge in [0.25, 0.3) is 0 Å². The van der Waals surface area contributed by atoms with Crippen molar-refractivity contribution < 1.29 is 14.2 Å². The maximum absolute atomic E-state index is 6.07. The molecule has 0 bridgehead atoms. The fourth-order valence-electron chi connectivity index (χ4n) is 3.70. The third-order valence-corrected chi connectivity index (χ3v) is 5.43. The molecule has 0 aliphatic carbocycles. The fourth-order valence-corrected chi connectivity index (χ4v) is 3.83. The van der Waals surface area contributed by atoms with Crippen molar-refractivity contribution in [2.24, 2.45) is 5.10 Å². The van der Waals surface area contributed by atoms with Crippen LogP contribution in [0, 0.1) is 0 Å². The molecule has 5 nitrogen and oxygen atoms in total. The molecule has 4 rings (SSSR count). The number of rotatable bonds is 6. The summed E-state index contributed by atoms with van der Waals surface area (Å²) in [6.07, 6.45) is 0.731. The largest absolute Gasteiger partial charge is 0.493 e. The summed E-state index contributed by atoms with van der Waals surface area (Å²) >= 11 is 6.07. The second kappa shape index (κ2) is 8.67. The van der Waals surface area contributed by atoms with Gasteiger partial charge in [-0.2, -0.15) is 5.10 Å². The molecule has 3 aromatic carbocycles. The third kappa shape index (κ3) is 3.81. The summed E-state index contributed by atoms with van der Waals surface area (Å²) in [4.78, 5) is 0. The van der Waals surface area contributed by atoms with Crippen molar-refractivity contribution >= 4 is 23.0 Å². The molecule has 3 aromatic rings. The molecule has 1 aliphatic heterocycles. The summed E-state index contributed by atoms with van der Waals surface area (Å²) in [5, 5.41) is 7.72. The van der Waals surface area contributed by atoms with Crippen LogP contribution in [0.2, 0.25) is 5.02 Å². The molecule has 0 saturated heterocycles. The van der Waals surface area contributed by atoms with Crippen LogP contribution in [0.1, 0.15) is 23.6 Å². The quantitative estimate of drug-likeness (QED) is 0.509. The van der Waals surface area contributed by atoms with E-state index in [1.165, 1.54) is 0 Å². The van der Waals surface area contributed by atoms with Crippen LogP contribution < -0.4 is 19.2 Å². The Hall–Kier alpha value is -3.18. The van der Waals surface area contributed by atoms with Gasteiger partial charge in [0.2, 0.25) is 5.75 Å². The minimum absolute atomic E-state index is 0.0215. The Balaban J connectivity index is 1.79. The second-order valence-corrected chi connectivity index (χ2v) is 7.35. The molecular weight excluding hydrogens is 400 g/mol. The molecule has 1 unspecified atom stereocenters. The van der Waals surface area contributed by atoms with Gasteiger partial charge in [-0.15, -0.1) is 0 Å². The Morgan fingerprint density at radius 3 is 2.07 bits per heavy atom. The van der Waals surface area contributed by atoms with Crippen LogP contribution >= 0.6 is 11.6 Å². The van der Waals surface area contributed by atoms with Gasteiger partial charge in [-0.1, -0.05) is 41.9 Å². The third-order valence-electron chi connectivity index (χ3n) is 5.18. The Bertz CT molecular complexity index is 1030. The minimum atomic E-state index is -0.0215. The van der Waals surface area contributed by atoms with Crippen molar-refractivity contribution in [3.63, 3.8) is 0 Å². The molecule has 0 amide bonds. The van der Waals surface area contributed by atoms with E-state index < -0.39 is 0 Å². The first-order valence-corrected chi connectivity index (χ1v) is 10.00. The summed E-state index contributed by atoms with van der Waals surface area (Å²) in [7, 11) is 4.86. The lowest BCUT2D eigenvalue weighted by Crippen LogP contribution is -2.18. The second-order valence-electron chi connectivity index (χ2n) is 6.91. The number of benzene rings is 3. The first-order chi connectivity index (χ1) is 14.6. The van der Waals surface area contributed by atoms with Gasteiger partial charge >= 0.3 is 0 Å². The highest BCUT2D eigenvalue weighted by atomic mass is 35.5. The normalized spacial score (nSPS) is 15.7. The predicted octanol–water partition coefficient (Wildman–Crippen LogP) is 5.72. The maximum atomic E-state index is 6.07. The van der Waals surface area contributed by atoms with Crippen molar-refractivity contribution in [1.29, 1.82) is 0 Å². The fraction of sp³-hybridized carbons (Fsp3) is 0.208. The number of ether oxygens (including phenoxy) is 3. The van der Waals surface area contributed by atoms with Crippen molar-refractivity contribution in [3.05, 3.63) is 82.9 Å². The Labute approximate surface area is 181 Å². The van der Waals surface area contributed by atoms with Gasteiger partial charge in [0, 0.05) is 11.4 Å². The number of methoxy groups -OCH3 is 3. The lowest BCUT2D eigenvalue weighted by molar-refractivity contribution is 0.323. The Morgan fingerprint density at radius 1 is 0.867 bits per heavy atom. The minimum Gasteiger partial charge on any atom is -0.493 e. The van der Waals surface area contributed by atoms with E-state index in [0.29, 0.717) is 22.3 Å². The molecule has 6 heteroatoms. The summed E-state index contributed by atoms with van der Waals surface area (Å²) in [5.41, 5.74) is 4.09. The molecule has 0 spiro atoms. The van der Waals surface area contributed by atoms with Gasteiger partial charge in [-0.05, 0) is 47.5 Å². The maximum Gasteiger partial charge on any atom is 0.203 e. The molecule has 1 aliphatic rings. The van der Waals surface area contributed by atoms with Gasteiger partial charge in [0.15, 0.2) is 11.5 Å². The lowest BCUT2D eigenvalue weighted by Gasteiger charge is -2.25. The van der Waals surface area contributed by atoms with E-state index in [1.54, 1.807) is 21.3 Å². The highest BCUT2D eigenvalue weighted by Gasteiger charge is 2.31. The lowest BCUT2D eigenvalue weighted by atomic mass is 9.97. The van der Waals surface area contributed by atoms with Gasteiger partial charge in [0.1, 0.15) is 0 Å². The van der Waals surface area contributed by atoms with E-state index in [4.69, 9.17) is 30.9 Å². The number of hydrogen-bond acceptors (Lipinski definition) is 5. The molecule has 0 fully saturated rings. The first kappa shape index (κ1) is 20.1. The molecular formula is C24H23ClN2O3. The molecule has 0 aromatic heterocycles. The number of halogens is 1. The molecule has 0 saturated carbocycles. The summed E-state index contributed by atoms with van der Waals surface area (Å²) in [6.45, 7) is 0. The van der Waals surface area contributed by atoms with E-state index >= 15 is 0 Å². The van der Waals surface area contributed by atoms with Crippen molar-refractivity contribution in [3.8, 4) is 17.2 Å². The predicted molar refractivity (Wildman–Crippen MR) is 120 cm³/mol.